The molecule has 0 bridgehead atoms. The third kappa shape index (κ3) is 9.48. The third-order valence-corrected chi connectivity index (χ3v) is 1.61. The van der Waals surface area contributed by atoms with E-state index in [0.717, 1.165) is 6.42 Å². The van der Waals surface area contributed by atoms with Gasteiger partial charge in [-0.05, 0) is 39.0 Å². The minimum Gasteiger partial charge on any atom is -0.103 e. The second kappa shape index (κ2) is 9.48. The summed E-state index contributed by atoms with van der Waals surface area (Å²) in [7, 11) is 0. The number of allylic oxidation sites excluding steroid dienone is 3. The first-order chi connectivity index (χ1) is 5.41. The van der Waals surface area contributed by atoms with Crippen LogP contribution in [0.3, 0.4) is 0 Å². The molecule has 0 aliphatic heterocycles. The summed E-state index contributed by atoms with van der Waals surface area (Å²) in [6.07, 6.45) is 13.6. The van der Waals surface area contributed by atoms with Crippen molar-refractivity contribution >= 4 is 0 Å². The highest BCUT2D eigenvalue weighted by Gasteiger charge is 1.83. The first-order valence-corrected chi connectivity index (χ1v) is 4.47. The molecule has 0 fully saturated rings. The maximum Gasteiger partial charge on any atom is -0.0351 e. The summed E-state index contributed by atoms with van der Waals surface area (Å²) in [5.41, 5.74) is 0. The predicted octanol–water partition coefficient (Wildman–Crippen LogP) is 3.90. The molecule has 11 heavy (non-hydrogen) atoms. The molecule has 0 N–H and O–H groups in total. The van der Waals surface area contributed by atoms with Gasteiger partial charge >= 0.3 is 0 Å². The molecule has 0 nitrogen and oxygen atoms in total. The van der Waals surface area contributed by atoms with Gasteiger partial charge in [-0.25, -0.2) is 0 Å². The molecule has 0 amide bonds. The molecule has 0 aliphatic carbocycles. The predicted molar refractivity (Wildman–Crippen MR) is 52.4 cm³/mol. The van der Waals surface area contributed by atoms with E-state index in [1.54, 1.807) is 0 Å². The monoisotopic (exact) mass is 151 g/mol. The molecule has 0 unspecified atom stereocenters. The zero-order valence-corrected chi connectivity index (χ0v) is 7.39. The van der Waals surface area contributed by atoms with Crippen LogP contribution in [0.4, 0.5) is 0 Å². The van der Waals surface area contributed by atoms with Crippen molar-refractivity contribution in [3.8, 4) is 0 Å². The maximum absolute atomic E-state index is 3.73. The molecule has 0 aliphatic rings. The Bertz CT molecular complexity index is 101. The summed E-state index contributed by atoms with van der Waals surface area (Å²) < 4.78 is 0. The Kier molecular flexibility index (Phi) is 9.03. The van der Waals surface area contributed by atoms with Gasteiger partial charge < -0.3 is 0 Å². The van der Waals surface area contributed by atoms with E-state index >= 15 is 0 Å². The molecule has 0 saturated carbocycles. The fraction of sp³-hybridized carbons (Fsp3) is 0.545. The van der Waals surface area contributed by atoms with Gasteiger partial charge in [0.15, 0.2) is 0 Å². The molecule has 0 aromatic rings. The van der Waals surface area contributed by atoms with Crippen LogP contribution in [-0.4, -0.2) is 0 Å². The minimum atomic E-state index is 0.923. The standard InChI is InChI=1S/C11H19/c1-3-5-7-9-11-10-8-6-4-2/h3,6,8H,1-2,4-5,7,9-11H2/b8-6+. The first-order valence-electron chi connectivity index (χ1n) is 4.47. The van der Waals surface area contributed by atoms with Gasteiger partial charge in [-0.15, -0.1) is 6.58 Å². The average Bonchev–Trinajstić information content (AvgIpc) is 2.03. The molecular weight excluding hydrogens is 132 g/mol. The largest absolute Gasteiger partial charge is 0.103 e. The van der Waals surface area contributed by atoms with Crippen LogP contribution in [-0.2, 0) is 0 Å². The lowest BCUT2D eigenvalue weighted by Gasteiger charge is -1.93. The van der Waals surface area contributed by atoms with Crippen molar-refractivity contribution in [2.75, 3.05) is 0 Å². The maximum atomic E-state index is 3.73. The fourth-order valence-corrected chi connectivity index (χ4v) is 0.963. The highest BCUT2D eigenvalue weighted by atomic mass is 13.9. The summed E-state index contributed by atoms with van der Waals surface area (Å²) in [6, 6.07) is 0. The lowest BCUT2D eigenvalue weighted by molar-refractivity contribution is 0.696. The lowest BCUT2D eigenvalue weighted by atomic mass is 10.1. The van der Waals surface area contributed by atoms with Gasteiger partial charge in [-0.1, -0.05) is 24.6 Å². The van der Waals surface area contributed by atoms with E-state index in [0.29, 0.717) is 0 Å². The number of rotatable bonds is 7. The lowest BCUT2D eigenvalue weighted by Crippen LogP contribution is -1.73. The van der Waals surface area contributed by atoms with E-state index in [4.69, 9.17) is 0 Å². The normalized spacial score (nSPS) is 10.6. The molecule has 1 radical (unpaired) electrons. The fourth-order valence-electron chi connectivity index (χ4n) is 0.963. The highest BCUT2D eigenvalue weighted by molar-refractivity contribution is 4.81. The summed E-state index contributed by atoms with van der Waals surface area (Å²) in [6.45, 7) is 7.42. The Hall–Kier alpha value is -0.520. The zero-order valence-electron chi connectivity index (χ0n) is 7.39. The number of hydrogen-bond acceptors (Lipinski definition) is 0. The van der Waals surface area contributed by atoms with E-state index in [1.807, 2.05) is 6.08 Å². The van der Waals surface area contributed by atoms with Gasteiger partial charge in [0.25, 0.3) is 0 Å². The van der Waals surface area contributed by atoms with Crippen LogP contribution in [0.2, 0.25) is 0 Å². The summed E-state index contributed by atoms with van der Waals surface area (Å²) in [5.74, 6) is 0. The first kappa shape index (κ1) is 10.5. The molecular formula is C11H19. The summed E-state index contributed by atoms with van der Waals surface area (Å²) in [5, 5.41) is 0. The van der Waals surface area contributed by atoms with Crippen LogP contribution < -0.4 is 0 Å². The SMILES string of the molecule is [CH2]C/C=C/CCCCCC=C. The highest BCUT2D eigenvalue weighted by Crippen LogP contribution is 2.03. The van der Waals surface area contributed by atoms with E-state index in [1.165, 1.54) is 32.1 Å². The average molecular weight is 151 g/mol. The van der Waals surface area contributed by atoms with Crippen molar-refractivity contribution in [3.63, 3.8) is 0 Å². The van der Waals surface area contributed by atoms with Crippen LogP contribution in [0.1, 0.15) is 38.5 Å². The Morgan fingerprint density at radius 1 is 0.909 bits per heavy atom. The molecule has 0 aromatic carbocycles. The molecule has 63 valence electrons. The van der Waals surface area contributed by atoms with Crippen LogP contribution >= 0.6 is 0 Å². The molecule has 0 aromatic heterocycles. The van der Waals surface area contributed by atoms with Crippen molar-refractivity contribution in [3.05, 3.63) is 31.7 Å². The van der Waals surface area contributed by atoms with Gasteiger partial charge in [0.2, 0.25) is 0 Å². The second-order valence-corrected chi connectivity index (χ2v) is 2.69. The van der Waals surface area contributed by atoms with Crippen molar-refractivity contribution in [1.82, 2.24) is 0 Å². The topological polar surface area (TPSA) is 0 Å². The number of unbranched alkanes of at least 4 members (excludes halogenated alkanes) is 4. The van der Waals surface area contributed by atoms with E-state index in [9.17, 15) is 0 Å². The number of hydrogen-bond donors (Lipinski definition) is 0. The van der Waals surface area contributed by atoms with Crippen LogP contribution in [0, 0.1) is 6.92 Å². The zero-order chi connectivity index (χ0) is 8.36. The van der Waals surface area contributed by atoms with Crippen molar-refractivity contribution < 1.29 is 0 Å². The van der Waals surface area contributed by atoms with Gasteiger partial charge in [-0.2, -0.15) is 0 Å². The third-order valence-electron chi connectivity index (χ3n) is 1.61. The van der Waals surface area contributed by atoms with Gasteiger partial charge in [0.05, 0.1) is 0 Å². The Balaban J connectivity index is 2.90. The van der Waals surface area contributed by atoms with E-state index in [2.05, 4.69) is 25.7 Å². The summed E-state index contributed by atoms with van der Waals surface area (Å²) in [4.78, 5) is 0. The van der Waals surface area contributed by atoms with Crippen molar-refractivity contribution in [2.45, 2.75) is 38.5 Å². The molecule has 0 heteroatoms. The van der Waals surface area contributed by atoms with Gasteiger partial charge in [-0.3, -0.25) is 0 Å². The minimum absolute atomic E-state index is 0.923. The van der Waals surface area contributed by atoms with Crippen LogP contribution in [0.25, 0.3) is 0 Å². The Morgan fingerprint density at radius 2 is 1.64 bits per heavy atom. The molecule has 0 heterocycles. The summed E-state index contributed by atoms with van der Waals surface area (Å²) >= 11 is 0. The van der Waals surface area contributed by atoms with Gasteiger partial charge in [0.1, 0.15) is 0 Å². The smallest absolute Gasteiger partial charge is 0.0351 e. The quantitative estimate of drug-likeness (QED) is 0.382. The van der Waals surface area contributed by atoms with Gasteiger partial charge in [0, 0.05) is 0 Å². The van der Waals surface area contributed by atoms with Crippen LogP contribution in [0.5, 0.6) is 0 Å². The second-order valence-electron chi connectivity index (χ2n) is 2.69. The van der Waals surface area contributed by atoms with E-state index < -0.39 is 0 Å². The Morgan fingerprint density at radius 3 is 2.27 bits per heavy atom. The van der Waals surface area contributed by atoms with Crippen LogP contribution in [0.15, 0.2) is 24.8 Å². The molecule has 0 atom stereocenters. The Labute approximate surface area is 71.0 Å². The molecule has 0 spiro atoms. The van der Waals surface area contributed by atoms with Crippen molar-refractivity contribution in [1.29, 1.82) is 0 Å². The van der Waals surface area contributed by atoms with E-state index in [-0.39, 0.29) is 0 Å². The molecule has 0 rings (SSSR count). The van der Waals surface area contributed by atoms with Crippen molar-refractivity contribution in [2.24, 2.45) is 0 Å². The molecule has 0 saturated heterocycles.